The lowest BCUT2D eigenvalue weighted by Crippen LogP contribution is -2.15. The Morgan fingerprint density at radius 2 is 1.33 bits per heavy atom. The van der Waals surface area contributed by atoms with Crippen molar-refractivity contribution >= 4 is 56.9 Å². The summed E-state index contributed by atoms with van der Waals surface area (Å²) in [5.41, 5.74) is 0. The van der Waals surface area contributed by atoms with Gasteiger partial charge in [-0.3, -0.25) is 0 Å². The fourth-order valence-corrected chi connectivity index (χ4v) is 0. The van der Waals surface area contributed by atoms with Crippen molar-refractivity contribution in [2.75, 3.05) is 0 Å². The molecule has 0 fully saturated rings. The lowest BCUT2D eigenvalue weighted by molar-refractivity contribution is 3.72. The Bertz CT molecular complexity index is 37.3. The molecule has 0 radical (unpaired) electrons. The average Bonchev–Trinajstić information content (AvgIpc) is 1.35. The topological polar surface area (TPSA) is 0 Å². The Morgan fingerprint density at radius 3 is 1.33 bits per heavy atom. The first-order valence-electron chi connectivity index (χ1n) is 1.19. The van der Waals surface area contributed by atoms with Crippen molar-refractivity contribution in [3.05, 3.63) is 0 Å². The van der Waals surface area contributed by atoms with Crippen LogP contribution in [0.5, 0.6) is 0 Å². The molecule has 0 heterocycles. The summed E-state index contributed by atoms with van der Waals surface area (Å²) in [6.45, 7) is 0. The van der Waals surface area contributed by atoms with Crippen molar-refractivity contribution < 1.29 is 0 Å². The van der Waals surface area contributed by atoms with Crippen LogP contribution in [-0.2, 0) is 0 Å². The van der Waals surface area contributed by atoms with E-state index in [1.54, 1.807) is 0 Å². The summed E-state index contributed by atoms with van der Waals surface area (Å²) in [5.74, 6) is -2.45. The predicted molar refractivity (Wildman–Crippen MR) is 36.3 cm³/mol. The van der Waals surface area contributed by atoms with Gasteiger partial charge < -0.3 is 0 Å². The number of hydrogen-bond donors (Lipinski definition) is 0. The molecule has 0 aliphatic heterocycles. The number of halogens is 4. The van der Waals surface area contributed by atoms with E-state index in [4.69, 9.17) is 44.7 Å². The second kappa shape index (κ2) is 2.68. The van der Waals surface area contributed by atoms with Crippen LogP contribution in [0.25, 0.3) is 0 Å². The van der Waals surface area contributed by atoms with Crippen LogP contribution in [-0.4, -0.2) is 12.2 Å². The van der Waals surface area contributed by atoms with Crippen LogP contribution in [0.4, 0.5) is 0 Å². The summed E-state index contributed by atoms with van der Waals surface area (Å²) in [5, 5.41) is 0. The predicted octanol–water partition coefficient (Wildman–Crippen LogP) is 1.73. The minimum atomic E-state index is -2.45. The van der Waals surface area contributed by atoms with Crippen molar-refractivity contribution in [2.24, 2.45) is 0 Å². The summed E-state index contributed by atoms with van der Waals surface area (Å²) in [7, 11) is 0. The van der Waals surface area contributed by atoms with Gasteiger partial charge in [-0.15, -0.1) is 33.2 Å². The van der Waals surface area contributed by atoms with E-state index >= 15 is 0 Å². The highest BCUT2D eigenvalue weighted by atomic mass is 35.8. The van der Waals surface area contributed by atoms with Crippen LogP contribution in [0.2, 0.25) is 0 Å². The smallest absolute Gasteiger partial charge is 0.200 e. The van der Waals surface area contributed by atoms with E-state index in [1.807, 2.05) is 0 Å². The van der Waals surface area contributed by atoms with E-state index in [0.717, 1.165) is 0 Å². The molecule has 0 N–H and O–H groups in total. The molecule has 0 saturated carbocycles. The van der Waals surface area contributed by atoms with Crippen molar-refractivity contribution in [3.8, 4) is 0 Å². The molecule has 6 heavy (non-hydrogen) atoms. The van der Waals surface area contributed by atoms with Gasteiger partial charge in [-0.2, -0.15) is 11.5 Å². The largest absolute Gasteiger partial charge is 0.320 e. The van der Waals surface area contributed by atoms with Gasteiger partial charge >= 0.3 is 5.87 Å². The molecule has 6 heteroatoms. The molecule has 0 bridgehead atoms. The van der Waals surface area contributed by atoms with Gasteiger partial charge in [-0.1, -0.05) is 0 Å². The van der Waals surface area contributed by atoms with Gasteiger partial charge in [0, 0.05) is 0 Å². The summed E-state index contributed by atoms with van der Waals surface area (Å²) in [6, 6.07) is 0. The second-order valence-corrected chi connectivity index (χ2v) is 10.6. The Labute approximate surface area is 56.9 Å². The molecule has 0 nitrogen and oxygen atoms in total. The Balaban J connectivity index is 3.17. The molecule has 0 spiro atoms. The van der Waals surface area contributed by atoms with Gasteiger partial charge in [-0.25, -0.2) is 0 Å². The van der Waals surface area contributed by atoms with Crippen LogP contribution in [0.3, 0.4) is 0 Å². The van der Waals surface area contributed by atoms with Crippen LogP contribution < -0.4 is 0 Å². The molecule has 0 aromatic heterocycles. The zero-order valence-corrected chi connectivity index (χ0v) is 6.74. The Hall–Kier alpha value is 1.44. The minimum Gasteiger partial charge on any atom is -0.200 e. The Kier molecular flexibility index (Phi) is 3.32. The van der Waals surface area contributed by atoms with Gasteiger partial charge in [0.1, 0.15) is 0 Å². The van der Waals surface area contributed by atoms with Gasteiger partial charge in [0.25, 0.3) is 6.29 Å². The van der Waals surface area contributed by atoms with Gasteiger partial charge in [0.2, 0.25) is 0 Å². The van der Waals surface area contributed by atoms with Crippen LogP contribution in [0.15, 0.2) is 0 Å². The highest BCUT2D eigenvalue weighted by Gasteiger charge is 2.24. The Morgan fingerprint density at radius 1 is 1.17 bits per heavy atom. The summed E-state index contributed by atoms with van der Waals surface area (Å²) in [4.78, 5) is 0. The molecule has 0 aromatic rings. The normalized spacial score (nSPS) is 11.3. The van der Waals surface area contributed by atoms with E-state index in [-0.39, 0.29) is 6.29 Å². The summed E-state index contributed by atoms with van der Waals surface area (Å²) < 4.78 is 0. The van der Waals surface area contributed by atoms with E-state index in [2.05, 4.69) is 0 Å². The fourth-order valence-electron chi connectivity index (χ4n) is 0. The molecule has 0 saturated heterocycles. The third-order valence-electron chi connectivity index (χ3n) is 0.152. The summed E-state index contributed by atoms with van der Waals surface area (Å²) >= 11 is 20.9. The van der Waals surface area contributed by atoms with Crippen LogP contribution in [0.1, 0.15) is 0 Å². The standard InChI is InChI=1S/BCl4HSi/c2-1-6(3,4)5/h1H. The monoisotopic (exact) mass is 180 g/mol. The van der Waals surface area contributed by atoms with Gasteiger partial charge in [0.05, 0.1) is 0 Å². The van der Waals surface area contributed by atoms with Crippen LogP contribution >= 0.6 is 44.7 Å². The number of rotatable bonds is 1. The molecular weight excluding hydrogens is 181 g/mol. The highest BCUT2D eigenvalue weighted by Crippen LogP contribution is 2.18. The lowest BCUT2D eigenvalue weighted by atomic mass is 10.7. The first-order chi connectivity index (χ1) is 2.56. The molecule has 36 valence electrons. The zero-order chi connectivity index (χ0) is 5.21. The fraction of sp³-hybridized carbons (Fsp3) is 0. The van der Waals surface area contributed by atoms with E-state index in [9.17, 15) is 0 Å². The quantitative estimate of drug-likeness (QED) is 0.427. The van der Waals surface area contributed by atoms with E-state index in [1.165, 1.54) is 0 Å². The van der Waals surface area contributed by atoms with E-state index in [0.29, 0.717) is 0 Å². The highest BCUT2D eigenvalue weighted by molar-refractivity contribution is 7.87. The van der Waals surface area contributed by atoms with Crippen molar-refractivity contribution in [1.82, 2.24) is 0 Å². The van der Waals surface area contributed by atoms with Gasteiger partial charge in [0.15, 0.2) is 0 Å². The van der Waals surface area contributed by atoms with Gasteiger partial charge in [-0.05, 0) is 0 Å². The zero-order valence-electron chi connectivity index (χ0n) is 2.72. The molecule has 0 atom stereocenters. The second-order valence-electron chi connectivity index (χ2n) is 0.749. The third-order valence-corrected chi connectivity index (χ3v) is 4.09. The van der Waals surface area contributed by atoms with Crippen molar-refractivity contribution in [1.29, 1.82) is 0 Å². The maximum absolute atomic E-state index is 5.26. The molecule has 0 aliphatic carbocycles. The van der Waals surface area contributed by atoms with Crippen molar-refractivity contribution in [3.63, 3.8) is 0 Å². The molecular formula is HBCl4Si. The maximum Gasteiger partial charge on any atom is 0.320 e. The molecule has 0 amide bonds. The van der Waals surface area contributed by atoms with Crippen LogP contribution in [0, 0.1) is 0 Å². The minimum absolute atomic E-state index is 0.178. The van der Waals surface area contributed by atoms with E-state index < -0.39 is 5.87 Å². The maximum atomic E-state index is 5.26. The van der Waals surface area contributed by atoms with Crippen molar-refractivity contribution in [2.45, 2.75) is 0 Å². The first-order valence-corrected chi connectivity index (χ1v) is 6.96. The number of hydrogen-bond acceptors (Lipinski definition) is 0. The third kappa shape index (κ3) is 5.44. The molecule has 0 aromatic carbocycles. The average molecular weight is 182 g/mol. The first kappa shape index (κ1) is 7.44. The lowest BCUT2D eigenvalue weighted by Gasteiger charge is -1.94. The molecule has 0 aliphatic rings. The molecule has 0 unspecified atom stereocenters. The SMILES string of the molecule is ClB[Si](Cl)(Cl)Cl. The summed E-state index contributed by atoms with van der Waals surface area (Å²) in [6.07, 6.45) is 0.178. The molecule has 0 rings (SSSR count).